The molecule has 0 saturated carbocycles. The third-order valence-corrected chi connectivity index (χ3v) is 3.06. The van der Waals surface area contributed by atoms with Crippen molar-refractivity contribution in [2.75, 3.05) is 0 Å². The van der Waals surface area contributed by atoms with E-state index < -0.39 is 5.97 Å². The van der Waals surface area contributed by atoms with Gasteiger partial charge in [-0.15, -0.1) is 0 Å². The van der Waals surface area contributed by atoms with E-state index in [1.807, 2.05) is 0 Å². The highest BCUT2D eigenvalue weighted by Gasteiger charge is 2.14. The van der Waals surface area contributed by atoms with Crippen LogP contribution in [0.5, 0.6) is 0 Å². The molecule has 0 aliphatic heterocycles. The van der Waals surface area contributed by atoms with Gasteiger partial charge in [0.05, 0.1) is 11.4 Å². The molecule has 1 heterocycles. The summed E-state index contributed by atoms with van der Waals surface area (Å²) in [6, 6.07) is 7.42. The summed E-state index contributed by atoms with van der Waals surface area (Å²) < 4.78 is 14.5. The second kappa shape index (κ2) is 5.59. The van der Waals surface area contributed by atoms with Gasteiger partial charge in [-0.2, -0.15) is 10.4 Å². The largest absolute Gasteiger partial charge is 0.477 e. The average Bonchev–Trinajstić information content (AvgIpc) is 2.72. The van der Waals surface area contributed by atoms with Gasteiger partial charge in [-0.3, -0.25) is 0 Å². The van der Waals surface area contributed by atoms with Crippen LogP contribution in [-0.4, -0.2) is 20.9 Å². The molecule has 2 rings (SSSR count). The minimum Gasteiger partial charge on any atom is -0.477 e. The van der Waals surface area contributed by atoms with Gasteiger partial charge in [0, 0.05) is 11.3 Å². The number of hydrogen-bond acceptors (Lipinski definition) is 3. The normalized spacial score (nSPS) is 11.2. The Morgan fingerprint density at radius 2 is 2.00 bits per heavy atom. The minimum absolute atomic E-state index is 0.349. The summed E-state index contributed by atoms with van der Waals surface area (Å²) >= 11 is 0. The maximum absolute atomic E-state index is 13.0. The van der Waals surface area contributed by atoms with Crippen LogP contribution >= 0.6 is 0 Å². The SMILES string of the molecule is Cc1nn(-c2ccc(F)cc2)c(C)c1/C=C(/C#N)C(=O)O. The molecule has 0 amide bonds. The summed E-state index contributed by atoms with van der Waals surface area (Å²) in [6.07, 6.45) is 1.29. The second-order valence-corrected chi connectivity index (χ2v) is 4.45. The first-order valence-corrected chi connectivity index (χ1v) is 6.11. The third-order valence-electron chi connectivity index (χ3n) is 3.06. The number of carbonyl (C=O) groups is 1. The fourth-order valence-corrected chi connectivity index (χ4v) is 1.98. The molecule has 21 heavy (non-hydrogen) atoms. The number of benzene rings is 1. The maximum Gasteiger partial charge on any atom is 0.346 e. The summed E-state index contributed by atoms with van der Waals surface area (Å²) in [4.78, 5) is 10.9. The maximum atomic E-state index is 13.0. The van der Waals surface area contributed by atoms with E-state index in [0.29, 0.717) is 22.6 Å². The van der Waals surface area contributed by atoms with E-state index >= 15 is 0 Å². The molecule has 0 aliphatic carbocycles. The zero-order valence-electron chi connectivity index (χ0n) is 11.5. The van der Waals surface area contributed by atoms with E-state index in [0.717, 1.165) is 0 Å². The molecular formula is C15H12FN3O2. The first kappa shape index (κ1) is 14.5. The lowest BCUT2D eigenvalue weighted by molar-refractivity contribution is -0.132. The molecule has 0 radical (unpaired) electrons. The molecule has 1 aromatic heterocycles. The van der Waals surface area contributed by atoms with Crippen LogP contribution in [0.15, 0.2) is 29.8 Å². The van der Waals surface area contributed by atoms with E-state index in [1.165, 1.54) is 18.2 Å². The molecule has 5 nitrogen and oxygen atoms in total. The number of rotatable bonds is 3. The molecule has 1 N–H and O–H groups in total. The fourth-order valence-electron chi connectivity index (χ4n) is 1.98. The Hall–Kier alpha value is -2.94. The molecule has 0 atom stereocenters. The van der Waals surface area contributed by atoms with Gasteiger partial charge in [0.25, 0.3) is 0 Å². The van der Waals surface area contributed by atoms with Gasteiger partial charge in [0.2, 0.25) is 0 Å². The second-order valence-electron chi connectivity index (χ2n) is 4.45. The van der Waals surface area contributed by atoms with Gasteiger partial charge >= 0.3 is 5.97 Å². The molecule has 0 saturated heterocycles. The van der Waals surface area contributed by atoms with Crippen LogP contribution in [0, 0.1) is 31.0 Å². The smallest absolute Gasteiger partial charge is 0.346 e. The van der Waals surface area contributed by atoms with Crippen LogP contribution in [-0.2, 0) is 4.79 Å². The first-order valence-electron chi connectivity index (χ1n) is 6.11. The lowest BCUT2D eigenvalue weighted by Gasteiger charge is -2.04. The molecule has 0 bridgehead atoms. The summed E-state index contributed by atoms with van der Waals surface area (Å²) in [5, 5.41) is 22.0. The zero-order valence-corrected chi connectivity index (χ0v) is 11.5. The van der Waals surface area contributed by atoms with Gasteiger partial charge in [-0.25, -0.2) is 13.9 Å². The van der Waals surface area contributed by atoms with E-state index in [-0.39, 0.29) is 11.4 Å². The highest BCUT2D eigenvalue weighted by Crippen LogP contribution is 2.20. The van der Waals surface area contributed by atoms with Crippen LogP contribution in [0.3, 0.4) is 0 Å². The van der Waals surface area contributed by atoms with Gasteiger partial charge < -0.3 is 5.11 Å². The van der Waals surface area contributed by atoms with E-state index in [4.69, 9.17) is 10.4 Å². The number of carboxylic acid groups (broad SMARTS) is 1. The standard InChI is InChI=1S/C15H12FN3O2/c1-9-14(7-11(8-17)15(20)21)10(2)19(18-9)13-5-3-12(16)4-6-13/h3-7H,1-2H3,(H,20,21)/b11-7-. The summed E-state index contributed by atoms with van der Waals surface area (Å²) in [7, 11) is 0. The first-order chi connectivity index (χ1) is 9.93. The average molecular weight is 285 g/mol. The molecule has 0 unspecified atom stereocenters. The topological polar surface area (TPSA) is 78.9 Å². The number of aliphatic carboxylic acids is 1. The third kappa shape index (κ3) is 2.82. The van der Waals surface area contributed by atoms with Crippen LogP contribution < -0.4 is 0 Å². The van der Waals surface area contributed by atoms with Crippen molar-refractivity contribution in [2.24, 2.45) is 0 Å². The molecule has 0 spiro atoms. The quantitative estimate of drug-likeness (QED) is 0.694. The van der Waals surface area contributed by atoms with E-state index in [1.54, 1.807) is 36.7 Å². The van der Waals surface area contributed by atoms with Gasteiger partial charge in [-0.1, -0.05) is 0 Å². The van der Waals surface area contributed by atoms with Crippen LogP contribution in [0.1, 0.15) is 17.0 Å². The monoisotopic (exact) mass is 285 g/mol. The van der Waals surface area contributed by atoms with Crippen molar-refractivity contribution in [1.82, 2.24) is 9.78 Å². The van der Waals surface area contributed by atoms with Crippen molar-refractivity contribution in [2.45, 2.75) is 13.8 Å². The highest BCUT2D eigenvalue weighted by atomic mass is 19.1. The number of nitriles is 1. The van der Waals surface area contributed by atoms with Crippen molar-refractivity contribution < 1.29 is 14.3 Å². The van der Waals surface area contributed by atoms with Crippen molar-refractivity contribution in [3.8, 4) is 11.8 Å². The van der Waals surface area contributed by atoms with Crippen LogP contribution in [0.25, 0.3) is 11.8 Å². The Kier molecular flexibility index (Phi) is 3.85. The van der Waals surface area contributed by atoms with Crippen molar-refractivity contribution in [1.29, 1.82) is 5.26 Å². The highest BCUT2D eigenvalue weighted by molar-refractivity contribution is 5.96. The Morgan fingerprint density at radius 3 is 2.52 bits per heavy atom. The summed E-state index contributed by atoms with van der Waals surface area (Å²) in [5.74, 6) is -1.64. The van der Waals surface area contributed by atoms with Crippen molar-refractivity contribution in [3.63, 3.8) is 0 Å². The summed E-state index contributed by atoms with van der Waals surface area (Å²) in [6.45, 7) is 3.47. The van der Waals surface area contributed by atoms with E-state index in [2.05, 4.69) is 5.10 Å². The molecule has 1 aromatic carbocycles. The molecule has 6 heteroatoms. The number of nitrogens with zero attached hydrogens (tertiary/aromatic N) is 3. The summed E-state index contributed by atoms with van der Waals surface area (Å²) in [5.41, 5.74) is 2.13. The molecule has 106 valence electrons. The predicted molar refractivity (Wildman–Crippen MR) is 74.2 cm³/mol. The lowest BCUT2D eigenvalue weighted by atomic mass is 10.1. The Labute approximate surface area is 120 Å². The van der Waals surface area contributed by atoms with Crippen LogP contribution in [0.2, 0.25) is 0 Å². The molecular weight excluding hydrogens is 273 g/mol. The van der Waals surface area contributed by atoms with Crippen molar-refractivity contribution in [3.05, 3.63) is 52.6 Å². The number of hydrogen-bond donors (Lipinski definition) is 1. The van der Waals surface area contributed by atoms with Crippen LogP contribution in [0.4, 0.5) is 4.39 Å². The Morgan fingerprint density at radius 1 is 1.38 bits per heavy atom. The molecule has 0 aliphatic rings. The lowest BCUT2D eigenvalue weighted by Crippen LogP contribution is -2.00. The Balaban J connectivity index is 2.55. The molecule has 2 aromatic rings. The number of aromatic nitrogens is 2. The van der Waals surface area contributed by atoms with Gasteiger partial charge in [0.15, 0.2) is 0 Å². The predicted octanol–water partition coefficient (Wildman–Crippen LogP) is 2.62. The van der Waals surface area contributed by atoms with Gasteiger partial charge in [0.1, 0.15) is 17.5 Å². The number of aryl methyl sites for hydroxylation is 1. The van der Waals surface area contributed by atoms with Crippen molar-refractivity contribution >= 4 is 12.0 Å². The van der Waals surface area contributed by atoms with E-state index in [9.17, 15) is 9.18 Å². The van der Waals surface area contributed by atoms with Gasteiger partial charge in [-0.05, 0) is 44.2 Å². The zero-order chi connectivity index (χ0) is 15.6. The number of halogens is 1. The minimum atomic E-state index is -1.29. The fraction of sp³-hybridized carbons (Fsp3) is 0.133. The molecule has 0 fully saturated rings. The number of carboxylic acids is 1. The Bertz CT molecular complexity index is 767.